The van der Waals surface area contributed by atoms with E-state index in [0.29, 0.717) is 5.69 Å². The zero-order valence-electron chi connectivity index (χ0n) is 9.23. The van der Waals surface area contributed by atoms with Crippen LogP contribution in [0, 0.1) is 0 Å². The van der Waals surface area contributed by atoms with E-state index >= 15 is 0 Å². The fourth-order valence-electron chi connectivity index (χ4n) is 1.98. The molecule has 1 aromatic carbocycles. The van der Waals surface area contributed by atoms with Gasteiger partial charge in [-0.25, -0.2) is 13.6 Å². The number of primary sulfonamides is 1. The predicted octanol–water partition coefficient (Wildman–Crippen LogP) is 1.69. The van der Waals surface area contributed by atoms with Gasteiger partial charge in [0.2, 0.25) is 10.0 Å². The van der Waals surface area contributed by atoms with Crippen molar-refractivity contribution < 1.29 is 8.42 Å². The second kappa shape index (κ2) is 3.75. The van der Waals surface area contributed by atoms with Gasteiger partial charge in [-0.1, -0.05) is 12.1 Å². The quantitative estimate of drug-likeness (QED) is 0.844. The van der Waals surface area contributed by atoms with E-state index in [0.717, 1.165) is 12.8 Å². The Balaban J connectivity index is 2.34. The van der Waals surface area contributed by atoms with E-state index in [1.807, 2.05) is 0 Å². The van der Waals surface area contributed by atoms with Crippen molar-refractivity contribution in [3.05, 3.63) is 24.3 Å². The lowest BCUT2D eigenvalue weighted by atomic mass is 9.78. The van der Waals surface area contributed by atoms with E-state index in [9.17, 15) is 8.42 Å². The van der Waals surface area contributed by atoms with Crippen LogP contribution >= 0.6 is 0 Å². The zero-order valence-corrected chi connectivity index (χ0v) is 10.0. The van der Waals surface area contributed by atoms with Crippen LogP contribution < -0.4 is 10.5 Å². The lowest BCUT2D eigenvalue weighted by molar-refractivity contribution is 0.306. The van der Waals surface area contributed by atoms with Gasteiger partial charge < -0.3 is 5.32 Å². The predicted molar refractivity (Wildman–Crippen MR) is 63.7 cm³/mol. The van der Waals surface area contributed by atoms with Crippen molar-refractivity contribution in [3.63, 3.8) is 0 Å². The molecular weight excluding hydrogens is 224 g/mol. The van der Waals surface area contributed by atoms with Crippen LogP contribution in [0.5, 0.6) is 0 Å². The highest BCUT2D eigenvalue weighted by molar-refractivity contribution is 7.89. The van der Waals surface area contributed by atoms with E-state index in [1.54, 1.807) is 18.2 Å². The molecule has 0 heterocycles. The van der Waals surface area contributed by atoms with Gasteiger partial charge in [0.1, 0.15) is 4.90 Å². The smallest absolute Gasteiger partial charge is 0.240 e. The Hall–Kier alpha value is -1.07. The summed E-state index contributed by atoms with van der Waals surface area (Å²) < 4.78 is 22.8. The van der Waals surface area contributed by atoms with E-state index in [-0.39, 0.29) is 10.4 Å². The van der Waals surface area contributed by atoms with Crippen molar-refractivity contribution in [2.45, 2.75) is 36.6 Å². The van der Waals surface area contributed by atoms with Crippen molar-refractivity contribution in [2.24, 2.45) is 5.14 Å². The summed E-state index contributed by atoms with van der Waals surface area (Å²) in [5, 5.41) is 8.44. The standard InChI is InChI=1S/C11H16N2O2S/c1-11(7-4-8-11)13-9-5-2-3-6-10(9)16(12,14)15/h2-3,5-6,13H,4,7-8H2,1H3,(H2,12,14,15). The first-order valence-corrected chi connectivity index (χ1v) is 6.85. The van der Waals surface area contributed by atoms with Crippen LogP contribution in [0.1, 0.15) is 26.2 Å². The van der Waals surface area contributed by atoms with Crippen molar-refractivity contribution in [2.75, 3.05) is 5.32 Å². The number of anilines is 1. The molecule has 5 heteroatoms. The van der Waals surface area contributed by atoms with Crippen molar-refractivity contribution in [1.29, 1.82) is 0 Å². The summed E-state index contributed by atoms with van der Waals surface area (Å²) in [4.78, 5) is 0.170. The third kappa shape index (κ3) is 2.20. The molecule has 0 atom stereocenters. The van der Waals surface area contributed by atoms with E-state index < -0.39 is 10.0 Å². The number of nitrogens with two attached hydrogens (primary N) is 1. The van der Waals surface area contributed by atoms with Crippen LogP contribution in [0.15, 0.2) is 29.2 Å². The molecular formula is C11H16N2O2S. The highest BCUT2D eigenvalue weighted by Crippen LogP contribution is 2.36. The molecule has 0 unspecified atom stereocenters. The number of rotatable bonds is 3. The van der Waals surface area contributed by atoms with E-state index in [2.05, 4.69) is 12.2 Å². The number of hydrogen-bond acceptors (Lipinski definition) is 3. The van der Waals surface area contributed by atoms with Crippen molar-refractivity contribution >= 4 is 15.7 Å². The second-order valence-electron chi connectivity index (χ2n) is 4.58. The zero-order chi connectivity index (χ0) is 11.8. The molecule has 1 aromatic rings. The van der Waals surface area contributed by atoms with Gasteiger partial charge in [-0.05, 0) is 38.3 Å². The SMILES string of the molecule is CC1(Nc2ccccc2S(N)(=O)=O)CCC1. The molecule has 4 nitrogen and oxygen atoms in total. The minimum atomic E-state index is -3.65. The van der Waals surface area contributed by atoms with Gasteiger partial charge in [0.05, 0.1) is 5.69 Å². The molecule has 0 saturated heterocycles. The number of benzene rings is 1. The van der Waals surface area contributed by atoms with Crippen molar-refractivity contribution in [1.82, 2.24) is 0 Å². The molecule has 0 aromatic heterocycles. The first-order chi connectivity index (χ1) is 7.41. The molecule has 88 valence electrons. The monoisotopic (exact) mass is 240 g/mol. The van der Waals surface area contributed by atoms with E-state index in [1.165, 1.54) is 12.5 Å². The first kappa shape index (κ1) is 11.4. The van der Waals surface area contributed by atoms with Gasteiger partial charge in [0, 0.05) is 5.54 Å². The van der Waals surface area contributed by atoms with Gasteiger partial charge in [0.15, 0.2) is 0 Å². The summed E-state index contributed by atoms with van der Waals surface area (Å²) in [5.41, 5.74) is 0.619. The van der Waals surface area contributed by atoms with Crippen LogP contribution in [0.25, 0.3) is 0 Å². The fraction of sp³-hybridized carbons (Fsp3) is 0.455. The molecule has 0 spiro atoms. The number of para-hydroxylation sites is 1. The summed E-state index contributed by atoms with van der Waals surface area (Å²) in [6, 6.07) is 6.76. The molecule has 1 aliphatic carbocycles. The number of sulfonamides is 1. The Morgan fingerprint density at radius 1 is 1.31 bits per heavy atom. The van der Waals surface area contributed by atoms with Crippen molar-refractivity contribution in [3.8, 4) is 0 Å². The summed E-state index contributed by atoms with van der Waals surface area (Å²) in [7, 11) is -3.65. The average Bonchev–Trinajstić information content (AvgIpc) is 2.14. The second-order valence-corrected chi connectivity index (χ2v) is 6.11. The minimum Gasteiger partial charge on any atom is -0.379 e. The Kier molecular flexibility index (Phi) is 2.67. The molecule has 0 bridgehead atoms. The third-order valence-electron chi connectivity index (χ3n) is 3.09. The molecule has 1 fully saturated rings. The Morgan fingerprint density at radius 2 is 1.94 bits per heavy atom. The van der Waals surface area contributed by atoms with E-state index in [4.69, 9.17) is 5.14 Å². The van der Waals surface area contributed by atoms with Crippen LogP contribution in [-0.2, 0) is 10.0 Å². The minimum absolute atomic E-state index is 0.0147. The Bertz CT molecular complexity index is 492. The maximum Gasteiger partial charge on any atom is 0.240 e. The molecule has 0 radical (unpaired) electrons. The van der Waals surface area contributed by atoms with Gasteiger partial charge in [-0.3, -0.25) is 0 Å². The largest absolute Gasteiger partial charge is 0.379 e. The number of nitrogens with one attached hydrogen (secondary N) is 1. The molecule has 1 saturated carbocycles. The maximum absolute atomic E-state index is 11.4. The Morgan fingerprint density at radius 3 is 2.44 bits per heavy atom. The summed E-state index contributed by atoms with van der Waals surface area (Å²) in [5.74, 6) is 0. The third-order valence-corrected chi connectivity index (χ3v) is 4.06. The normalized spacial score (nSPS) is 18.9. The van der Waals surface area contributed by atoms with Gasteiger partial charge >= 0.3 is 0 Å². The summed E-state index contributed by atoms with van der Waals surface area (Å²) >= 11 is 0. The first-order valence-electron chi connectivity index (χ1n) is 5.31. The summed E-state index contributed by atoms with van der Waals surface area (Å²) in [6.45, 7) is 2.09. The lowest BCUT2D eigenvalue weighted by Gasteiger charge is -2.40. The maximum atomic E-state index is 11.4. The van der Waals surface area contributed by atoms with Gasteiger partial charge in [0.25, 0.3) is 0 Å². The average molecular weight is 240 g/mol. The van der Waals surface area contributed by atoms with Crippen LogP contribution in [0.3, 0.4) is 0 Å². The lowest BCUT2D eigenvalue weighted by Crippen LogP contribution is -2.42. The highest BCUT2D eigenvalue weighted by Gasteiger charge is 2.32. The molecule has 0 aliphatic heterocycles. The van der Waals surface area contributed by atoms with Crippen LogP contribution in [-0.4, -0.2) is 14.0 Å². The Labute approximate surface area is 95.9 Å². The summed E-state index contributed by atoms with van der Waals surface area (Å²) in [6.07, 6.45) is 3.30. The topological polar surface area (TPSA) is 72.2 Å². The molecule has 2 rings (SSSR count). The molecule has 0 amide bonds. The molecule has 1 aliphatic rings. The number of hydrogen-bond donors (Lipinski definition) is 2. The molecule has 16 heavy (non-hydrogen) atoms. The highest BCUT2D eigenvalue weighted by atomic mass is 32.2. The van der Waals surface area contributed by atoms with Crippen LogP contribution in [0.4, 0.5) is 5.69 Å². The molecule has 3 N–H and O–H groups in total. The fourth-order valence-corrected chi connectivity index (χ4v) is 2.67. The van der Waals surface area contributed by atoms with Crippen LogP contribution in [0.2, 0.25) is 0 Å². The van der Waals surface area contributed by atoms with Gasteiger partial charge in [-0.15, -0.1) is 0 Å². The van der Waals surface area contributed by atoms with Gasteiger partial charge in [-0.2, -0.15) is 0 Å².